The molecule has 1 heterocycles. The number of aromatic nitrogens is 1. The third-order valence-electron chi connectivity index (χ3n) is 5.63. The van der Waals surface area contributed by atoms with Gasteiger partial charge in [-0.15, -0.1) is 0 Å². The minimum atomic E-state index is -0.199. The number of Topliss-reactive ketones (excluding diaryl/α,β-unsaturated/α-hetero) is 1. The molecule has 0 fully saturated rings. The van der Waals surface area contributed by atoms with Crippen LogP contribution < -0.4 is 4.90 Å². The highest BCUT2D eigenvalue weighted by Gasteiger charge is 2.26. The number of amides is 1. The number of fused-ring (bicyclic) bond motifs is 1. The van der Waals surface area contributed by atoms with Gasteiger partial charge in [-0.1, -0.05) is 84.1 Å². The van der Waals surface area contributed by atoms with E-state index in [4.69, 9.17) is 4.98 Å². The summed E-state index contributed by atoms with van der Waals surface area (Å²) < 4.78 is 0.994. The zero-order valence-electron chi connectivity index (χ0n) is 19.1. The average Bonchev–Trinajstić information content (AvgIpc) is 3.32. The summed E-state index contributed by atoms with van der Waals surface area (Å²) in [6, 6.07) is 34.3. The van der Waals surface area contributed by atoms with Crippen molar-refractivity contribution in [3.05, 3.63) is 126 Å². The predicted molar refractivity (Wildman–Crippen MR) is 144 cm³/mol. The Morgan fingerprint density at radius 3 is 2.03 bits per heavy atom. The first-order valence-corrected chi connectivity index (χ1v) is 12.0. The average molecular weight is 475 g/mol. The first kappa shape index (κ1) is 22.4. The maximum absolute atomic E-state index is 14.3. The first-order valence-electron chi connectivity index (χ1n) is 11.2. The van der Waals surface area contributed by atoms with Gasteiger partial charge in [-0.25, -0.2) is 4.98 Å². The van der Waals surface area contributed by atoms with E-state index in [0.29, 0.717) is 22.0 Å². The smallest absolute Gasteiger partial charge is 0.265 e. The molecule has 0 spiro atoms. The number of benzene rings is 4. The monoisotopic (exact) mass is 474 g/mol. The molecule has 4 nitrogen and oxygen atoms in total. The normalized spacial score (nSPS) is 11.4. The second kappa shape index (κ2) is 9.87. The number of carbonyl (C=O) groups excluding carboxylic acids is 2. The fourth-order valence-electron chi connectivity index (χ4n) is 3.84. The van der Waals surface area contributed by atoms with Crippen LogP contribution in [0.3, 0.4) is 0 Å². The Labute approximate surface area is 207 Å². The Bertz CT molecular complexity index is 1490. The summed E-state index contributed by atoms with van der Waals surface area (Å²) in [5, 5.41) is 0.571. The van der Waals surface area contributed by atoms with Gasteiger partial charge >= 0.3 is 0 Å². The van der Waals surface area contributed by atoms with Crippen LogP contribution in [0.5, 0.6) is 0 Å². The molecular formula is C30H22N2O2S. The molecule has 0 saturated heterocycles. The molecule has 0 unspecified atom stereocenters. The van der Waals surface area contributed by atoms with Crippen molar-refractivity contribution in [2.75, 3.05) is 4.90 Å². The van der Waals surface area contributed by atoms with Crippen molar-refractivity contribution < 1.29 is 9.59 Å². The molecule has 35 heavy (non-hydrogen) atoms. The van der Waals surface area contributed by atoms with Gasteiger partial charge in [0.2, 0.25) is 0 Å². The van der Waals surface area contributed by atoms with Crippen LogP contribution in [0.25, 0.3) is 21.9 Å². The molecule has 0 saturated carbocycles. The fraction of sp³-hybridized carbons (Fsp3) is 0.0333. The molecule has 4 aromatic carbocycles. The molecule has 1 amide bonds. The molecule has 0 aliphatic carbocycles. The van der Waals surface area contributed by atoms with E-state index in [0.717, 1.165) is 21.3 Å². The van der Waals surface area contributed by atoms with Crippen LogP contribution in [-0.4, -0.2) is 16.7 Å². The number of carbonyl (C=O) groups is 2. The maximum atomic E-state index is 14.3. The Morgan fingerprint density at radius 1 is 0.743 bits per heavy atom. The van der Waals surface area contributed by atoms with E-state index >= 15 is 0 Å². The van der Waals surface area contributed by atoms with Crippen LogP contribution >= 0.6 is 11.3 Å². The van der Waals surface area contributed by atoms with Gasteiger partial charge < -0.3 is 0 Å². The van der Waals surface area contributed by atoms with E-state index < -0.39 is 0 Å². The van der Waals surface area contributed by atoms with Crippen LogP contribution in [0.15, 0.2) is 109 Å². The maximum Gasteiger partial charge on any atom is 0.265 e. The Balaban J connectivity index is 1.68. The molecule has 170 valence electrons. The van der Waals surface area contributed by atoms with Crippen molar-refractivity contribution in [2.45, 2.75) is 6.92 Å². The number of rotatable bonds is 6. The minimum absolute atomic E-state index is 0.0247. The topological polar surface area (TPSA) is 50.3 Å². The predicted octanol–water partition coefficient (Wildman–Crippen LogP) is 7.40. The van der Waals surface area contributed by atoms with Gasteiger partial charge in [0.1, 0.15) is 0 Å². The van der Waals surface area contributed by atoms with Gasteiger partial charge in [-0.05, 0) is 60.5 Å². The number of para-hydroxylation sites is 1. The summed E-state index contributed by atoms with van der Waals surface area (Å²) in [4.78, 5) is 32.6. The second-order valence-electron chi connectivity index (χ2n) is 8.04. The van der Waals surface area contributed by atoms with Crippen molar-refractivity contribution in [3.63, 3.8) is 0 Å². The molecule has 0 atom stereocenters. The summed E-state index contributed by atoms with van der Waals surface area (Å²) >= 11 is 1.46. The lowest BCUT2D eigenvalue weighted by molar-refractivity contribution is -0.112. The summed E-state index contributed by atoms with van der Waals surface area (Å²) in [6.45, 7) is 1.53. The molecule has 5 heteroatoms. The number of hydrogen-bond acceptors (Lipinski definition) is 4. The molecule has 5 aromatic rings. The van der Waals surface area contributed by atoms with Crippen LogP contribution in [0.2, 0.25) is 0 Å². The van der Waals surface area contributed by atoms with Crippen molar-refractivity contribution in [3.8, 4) is 0 Å². The summed E-state index contributed by atoms with van der Waals surface area (Å²) in [5.74, 6) is -0.224. The molecule has 0 bridgehead atoms. The second-order valence-corrected chi connectivity index (χ2v) is 9.05. The van der Waals surface area contributed by atoms with Gasteiger partial charge in [0.15, 0.2) is 10.9 Å². The van der Waals surface area contributed by atoms with E-state index in [1.54, 1.807) is 29.2 Å². The van der Waals surface area contributed by atoms with Gasteiger partial charge in [-0.3, -0.25) is 14.5 Å². The Morgan fingerprint density at radius 2 is 1.37 bits per heavy atom. The van der Waals surface area contributed by atoms with Crippen molar-refractivity contribution >= 4 is 55.7 Å². The van der Waals surface area contributed by atoms with E-state index in [-0.39, 0.29) is 11.7 Å². The zero-order valence-corrected chi connectivity index (χ0v) is 19.9. The molecule has 0 aliphatic rings. The highest BCUT2D eigenvalue weighted by atomic mass is 32.1. The Kier molecular flexibility index (Phi) is 6.33. The number of hydrogen-bond donors (Lipinski definition) is 0. The van der Waals surface area contributed by atoms with E-state index in [1.807, 2.05) is 91.0 Å². The van der Waals surface area contributed by atoms with Crippen molar-refractivity contribution in [1.82, 2.24) is 4.98 Å². The highest BCUT2D eigenvalue weighted by Crippen LogP contribution is 2.36. The molecular weight excluding hydrogens is 452 g/mol. The van der Waals surface area contributed by atoms with Gasteiger partial charge in [0, 0.05) is 11.1 Å². The highest BCUT2D eigenvalue weighted by molar-refractivity contribution is 7.22. The third kappa shape index (κ3) is 4.81. The molecule has 1 aromatic heterocycles. The standard InChI is InChI=1S/C30H22N2O2S/c1-21(33)23-16-18-25(19-17-23)32(30-31-27-14-8-9-15-28(27)35-30)29(34)26(24-12-6-3-7-13-24)20-22-10-4-2-5-11-22/h2-20H,1H3/b26-20+. The van der Waals surface area contributed by atoms with Crippen molar-refractivity contribution in [1.29, 1.82) is 0 Å². The number of nitrogens with zero attached hydrogens (tertiary/aromatic N) is 2. The van der Waals surface area contributed by atoms with Gasteiger partial charge in [-0.2, -0.15) is 0 Å². The summed E-state index contributed by atoms with van der Waals surface area (Å²) in [7, 11) is 0. The summed E-state index contributed by atoms with van der Waals surface area (Å²) in [6.07, 6.45) is 1.90. The first-order chi connectivity index (χ1) is 17.1. The lowest BCUT2D eigenvalue weighted by Gasteiger charge is -2.22. The molecule has 5 rings (SSSR count). The summed E-state index contributed by atoms with van der Waals surface area (Å²) in [5.41, 5.74) is 4.36. The largest absolute Gasteiger partial charge is 0.295 e. The van der Waals surface area contributed by atoms with Crippen molar-refractivity contribution in [2.24, 2.45) is 0 Å². The van der Waals surface area contributed by atoms with E-state index in [9.17, 15) is 9.59 Å². The van der Waals surface area contributed by atoms with Crippen LogP contribution in [-0.2, 0) is 4.79 Å². The quantitative estimate of drug-likeness (QED) is 0.146. The minimum Gasteiger partial charge on any atom is -0.295 e. The number of anilines is 2. The zero-order chi connectivity index (χ0) is 24.2. The lowest BCUT2D eigenvalue weighted by atomic mass is 10.0. The number of thiazole rings is 1. The molecule has 0 N–H and O–H groups in total. The fourth-order valence-corrected chi connectivity index (χ4v) is 4.82. The molecule has 0 aliphatic heterocycles. The van der Waals surface area contributed by atoms with Gasteiger partial charge in [0.05, 0.1) is 15.9 Å². The van der Waals surface area contributed by atoms with Crippen LogP contribution in [0.4, 0.5) is 10.8 Å². The third-order valence-corrected chi connectivity index (χ3v) is 6.66. The SMILES string of the molecule is CC(=O)c1ccc(N(C(=O)/C(=C/c2ccccc2)c2ccccc2)c2nc3ccccc3s2)cc1. The van der Waals surface area contributed by atoms with E-state index in [1.165, 1.54) is 18.3 Å². The van der Waals surface area contributed by atoms with Crippen LogP contribution in [0, 0.1) is 0 Å². The van der Waals surface area contributed by atoms with Crippen LogP contribution in [0.1, 0.15) is 28.4 Å². The van der Waals surface area contributed by atoms with E-state index in [2.05, 4.69) is 0 Å². The Hall–Kier alpha value is -4.35. The lowest BCUT2D eigenvalue weighted by Crippen LogP contribution is -2.27. The number of ketones is 1. The van der Waals surface area contributed by atoms with Gasteiger partial charge in [0.25, 0.3) is 5.91 Å². The molecule has 0 radical (unpaired) electrons.